The number of benzene rings is 2. The molecule has 2 aromatic carbocycles. The van der Waals surface area contributed by atoms with Crippen LogP contribution in [0.1, 0.15) is 36.7 Å². The van der Waals surface area contributed by atoms with Crippen LogP contribution in [0.2, 0.25) is 0 Å². The Bertz CT molecular complexity index is 1030. The first-order valence-electron chi connectivity index (χ1n) is 9.78. The second-order valence-electron chi connectivity index (χ2n) is 7.03. The zero-order valence-electron chi connectivity index (χ0n) is 17.4. The number of thiazole rings is 1. The predicted molar refractivity (Wildman–Crippen MR) is 115 cm³/mol. The van der Waals surface area contributed by atoms with E-state index in [0.717, 1.165) is 23.4 Å². The summed E-state index contributed by atoms with van der Waals surface area (Å²) in [4.78, 5) is 19.2. The number of aromatic nitrogens is 1. The normalized spacial score (nSPS) is 12.5. The number of nitrogens with zero attached hydrogens (tertiary/aromatic N) is 2. The first-order valence-corrected chi connectivity index (χ1v) is 10.7. The molecule has 164 valence electrons. The summed E-state index contributed by atoms with van der Waals surface area (Å²) in [5.74, 6) is 0.663. The van der Waals surface area contributed by atoms with Gasteiger partial charge in [-0.2, -0.15) is 13.2 Å². The lowest BCUT2D eigenvalue weighted by molar-refractivity contribution is -0.137. The fourth-order valence-corrected chi connectivity index (χ4v) is 4.15. The number of halogens is 3. The number of amides is 1. The zero-order valence-corrected chi connectivity index (χ0v) is 18.3. The van der Waals surface area contributed by atoms with Gasteiger partial charge in [-0.25, -0.2) is 4.98 Å². The molecule has 31 heavy (non-hydrogen) atoms. The average molecular weight is 449 g/mol. The van der Waals surface area contributed by atoms with Gasteiger partial charge in [0.2, 0.25) is 5.91 Å². The van der Waals surface area contributed by atoms with E-state index in [9.17, 15) is 18.0 Å². The van der Waals surface area contributed by atoms with Crippen LogP contribution < -0.4 is 4.74 Å². The highest BCUT2D eigenvalue weighted by atomic mass is 32.1. The first kappa shape index (κ1) is 22.8. The number of likely N-dealkylation sites (N-methyl/N-ethyl adjacent to an activating group) is 1. The summed E-state index contributed by atoms with van der Waals surface area (Å²) in [7, 11) is 1.60. The molecule has 1 atom stereocenters. The van der Waals surface area contributed by atoms with Crippen molar-refractivity contribution in [3.63, 3.8) is 0 Å². The second-order valence-corrected chi connectivity index (χ2v) is 7.89. The Hall–Kier alpha value is -2.87. The average Bonchev–Trinajstić information content (AvgIpc) is 3.22. The van der Waals surface area contributed by atoms with Crippen LogP contribution in [-0.2, 0) is 17.4 Å². The molecule has 0 aliphatic heterocycles. The maximum atomic E-state index is 12.9. The molecule has 0 radical (unpaired) electrons. The SMILES string of the molecule is CCN(C(=O)Cc1csc(-c2ccc(C(F)(F)F)cc2)n1)C(C)c1cccc(OC)c1. The van der Waals surface area contributed by atoms with Gasteiger partial charge in [0.1, 0.15) is 10.8 Å². The Kier molecular flexibility index (Phi) is 7.00. The molecule has 0 bridgehead atoms. The molecule has 0 spiro atoms. The third kappa shape index (κ3) is 5.44. The minimum absolute atomic E-state index is 0.0675. The predicted octanol–water partition coefficient (Wildman–Crippen LogP) is 5.99. The molecule has 3 rings (SSSR count). The lowest BCUT2D eigenvalue weighted by Gasteiger charge is -2.28. The molecular weight excluding hydrogens is 425 g/mol. The van der Waals surface area contributed by atoms with Gasteiger partial charge in [-0.3, -0.25) is 4.79 Å². The van der Waals surface area contributed by atoms with Crippen molar-refractivity contribution in [1.29, 1.82) is 0 Å². The van der Waals surface area contributed by atoms with Gasteiger partial charge in [0.05, 0.1) is 30.8 Å². The zero-order chi connectivity index (χ0) is 22.6. The van der Waals surface area contributed by atoms with Gasteiger partial charge in [-0.1, -0.05) is 24.3 Å². The maximum Gasteiger partial charge on any atom is 0.416 e. The number of rotatable bonds is 7. The van der Waals surface area contributed by atoms with E-state index >= 15 is 0 Å². The Labute approximate surface area is 183 Å². The molecule has 8 heteroatoms. The number of alkyl halides is 3. The number of hydrogen-bond donors (Lipinski definition) is 0. The lowest BCUT2D eigenvalue weighted by Crippen LogP contribution is -2.34. The van der Waals surface area contributed by atoms with E-state index in [1.807, 2.05) is 38.1 Å². The fraction of sp³-hybridized carbons (Fsp3) is 0.304. The van der Waals surface area contributed by atoms with Crippen LogP contribution in [-0.4, -0.2) is 29.4 Å². The summed E-state index contributed by atoms with van der Waals surface area (Å²) in [6, 6.07) is 12.3. The number of methoxy groups -OCH3 is 1. The molecule has 0 aliphatic rings. The van der Waals surface area contributed by atoms with Gasteiger partial charge >= 0.3 is 6.18 Å². The van der Waals surface area contributed by atoms with Crippen molar-refractivity contribution in [2.75, 3.05) is 13.7 Å². The second kappa shape index (κ2) is 9.51. The molecule has 0 N–H and O–H groups in total. The molecule has 1 heterocycles. The van der Waals surface area contributed by atoms with Crippen molar-refractivity contribution in [3.8, 4) is 16.3 Å². The topological polar surface area (TPSA) is 42.4 Å². The van der Waals surface area contributed by atoms with Crippen molar-refractivity contribution in [1.82, 2.24) is 9.88 Å². The summed E-state index contributed by atoms with van der Waals surface area (Å²) in [5.41, 5.74) is 1.46. The highest BCUT2D eigenvalue weighted by Crippen LogP contribution is 2.32. The number of hydrogen-bond acceptors (Lipinski definition) is 4. The van der Waals surface area contributed by atoms with Gasteiger partial charge in [0, 0.05) is 17.5 Å². The van der Waals surface area contributed by atoms with Crippen molar-refractivity contribution in [3.05, 3.63) is 70.7 Å². The molecule has 0 aliphatic carbocycles. The van der Waals surface area contributed by atoms with E-state index in [4.69, 9.17) is 4.74 Å². The van der Waals surface area contributed by atoms with E-state index in [1.165, 1.54) is 23.5 Å². The van der Waals surface area contributed by atoms with Gasteiger partial charge in [0.25, 0.3) is 0 Å². The summed E-state index contributed by atoms with van der Waals surface area (Å²) in [6.45, 7) is 4.42. The molecule has 3 aromatic rings. The van der Waals surface area contributed by atoms with Crippen LogP contribution in [0, 0.1) is 0 Å². The smallest absolute Gasteiger partial charge is 0.416 e. The summed E-state index contributed by atoms with van der Waals surface area (Å²) in [5, 5.41) is 2.36. The monoisotopic (exact) mass is 448 g/mol. The Balaban J connectivity index is 1.72. The van der Waals surface area contributed by atoms with Crippen LogP contribution in [0.25, 0.3) is 10.6 Å². The van der Waals surface area contributed by atoms with Crippen LogP contribution in [0.3, 0.4) is 0 Å². The molecule has 1 unspecified atom stereocenters. The standard InChI is InChI=1S/C23H23F3N2O2S/c1-4-28(15(2)17-6-5-7-20(12-17)30-3)21(29)13-19-14-31-22(27-19)16-8-10-18(11-9-16)23(24,25)26/h5-12,14-15H,4,13H2,1-3H3. The minimum atomic E-state index is -4.37. The third-order valence-corrected chi connectivity index (χ3v) is 5.99. The highest BCUT2D eigenvalue weighted by molar-refractivity contribution is 7.13. The largest absolute Gasteiger partial charge is 0.497 e. The van der Waals surface area contributed by atoms with E-state index in [0.29, 0.717) is 22.8 Å². The first-order chi connectivity index (χ1) is 14.7. The fourth-order valence-electron chi connectivity index (χ4n) is 3.33. The van der Waals surface area contributed by atoms with Crippen molar-refractivity contribution in [2.45, 2.75) is 32.5 Å². The number of carbonyl (C=O) groups excluding carboxylic acids is 1. The van der Waals surface area contributed by atoms with E-state index in [2.05, 4.69) is 4.98 Å². The lowest BCUT2D eigenvalue weighted by atomic mass is 10.1. The molecule has 0 saturated heterocycles. The Morgan fingerprint density at radius 2 is 1.90 bits per heavy atom. The van der Waals surface area contributed by atoms with E-state index < -0.39 is 11.7 Å². The summed E-state index contributed by atoms with van der Waals surface area (Å²) in [6.07, 6.45) is -4.25. The van der Waals surface area contributed by atoms with Gasteiger partial charge in [-0.15, -0.1) is 11.3 Å². The van der Waals surface area contributed by atoms with Gasteiger partial charge < -0.3 is 9.64 Å². The number of ether oxygens (including phenoxy) is 1. The highest BCUT2D eigenvalue weighted by Gasteiger charge is 2.30. The molecular formula is C23H23F3N2O2S. The summed E-state index contributed by atoms with van der Waals surface area (Å²) < 4.78 is 43.5. The van der Waals surface area contributed by atoms with E-state index in [1.54, 1.807) is 17.4 Å². The molecule has 1 amide bonds. The molecule has 0 fully saturated rings. The van der Waals surface area contributed by atoms with Crippen LogP contribution in [0.15, 0.2) is 53.9 Å². The Morgan fingerprint density at radius 3 is 2.52 bits per heavy atom. The van der Waals surface area contributed by atoms with Crippen LogP contribution in [0.5, 0.6) is 5.75 Å². The van der Waals surface area contributed by atoms with Crippen molar-refractivity contribution >= 4 is 17.2 Å². The Morgan fingerprint density at radius 1 is 1.19 bits per heavy atom. The van der Waals surface area contributed by atoms with E-state index in [-0.39, 0.29) is 18.4 Å². The molecule has 4 nitrogen and oxygen atoms in total. The number of carbonyl (C=O) groups is 1. The van der Waals surface area contributed by atoms with Gasteiger partial charge in [0.15, 0.2) is 0 Å². The quantitative estimate of drug-likeness (QED) is 0.446. The molecule has 1 aromatic heterocycles. The molecule has 0 saturated carbocycles. The van der Waals surface area contributed by atoms with Crippen LogP contribution in [0.4, 0.5) is 13.2 Å². The summed E-state index contributed by atoms with van der Waals surface area (Å²) >= 11 is 1.31. The van der Waals surface area contributed by atoms with Crippen LogP contribution >= 0.6 is 11.3 Å². The third-order valence-electron chi connectivity index (χ3n) is 5.05. The van der Waals surface area contributed by atoms with Gasteiger partial charge in [-0.05, 0) is 43.7 Å². The minimum Gasteiger partial charge on any atom is -0.497 e. The van der Waals surface area contributed by atoms with Crippen molar-refractivity contribution in [2.24, 2.45) is 0 Å². The maximum absolute atomic E-state index is 12.9. The van der Waals surface area contributed by atoms with Crippen molar-refractivity contribution < 1.29 is 22.7 Å².